The summed E-state index contributed by atoms with van der Waals surface area (Å²) in [7, 11) is -1.21. The lowest BCUT2D eigenvalue weighted by Crippen LogP contribution is -2.34. The van der Waals surface area contributed by atoms with Crippen LogP contribution >= 0.6 is 23.4 Å². The van der Waals surface area contributed by atoms with Crippen LogP contribution in [0.4, 0.5) is 0 Å². The number of nitrogens with zero attached hydrogens (tertiary/aromatic N) is 2. The molecule has 1 aromatic rings. The minimum atomic E-state index is -2.98. The molecule has 0 bridgehead atoms. The summed E-state index contributed by atoms with van der Waals surface area (Å²) in [6.07, 6.45) is 0. The van der Waals surface area contributed by atoms with Crippen LogP contribution in [0.3, 0.4) is 0 Å². The molecule has 3 rings (SSSR count). The molecular formula is C14H15ClN2O4S2. The van der Waals surface area contributed by atoms with Crippen molar-refractivity contribution in [2.45, 2.75) is 11.3 Å². The smallest absolute Gasteiger partial charge is 0.285 e. The molecule has 124 valence electrons. The van der Waals surface area contributed by atoms with E-state index >= 15 is 0 Å². The highest BCUT2D eigenvalue weighted by molar-refractivity contribution is 8.15. The molecule has 0 N–H and O–H groups in total. The lowest BCUT2D eigenvalue weighted by Gasteiger charge is -2.17. The van der Waals surface area contributed by atoms with Crippen molar-refractivity contribution in [3.63, 3.8) is 0 Å². The number of carbonyl (C=O) groups is 1. The quantitative estimate of drug-likeness (QED) is 0.797. The van der Waals surface area contributed by atoms with Gasteiger partial charge < -0.3 is 9.64 Å². The highest BCUT2D eigenvalue weighted by Crippen LogP contribution is 2.36. The summed E-state index contributed by atoms with van der Waals surface area (Å²) in [5.74, 6) is 0.395. The largest absolute Gasteiger partial charge is 0.484 e. The fourth-order valence-corrected chi connectivity index (χ4v) is 6.69. The second kappa shape index (κ2) is 6.33. The molecule has 9 heteroatoms. The molecule has 2 atom stereocenters. The second-order valence-corrected chi connectivity index (χ2v) is 9.24. The van der Waals surface area contributed by atoms with E-state index in [-0.39, 0.29) is 29.4 Å². The number of hydrogen-bond acceptors (Lipinski definition) is 5. The van der Waals surface area contributed by atoms with Crippen molar-refractivity contribution in [3.8, 4) is 5.75 Å². The van der Waals surface area contributed by atoms with E-state index in [4.69, 9.17) is 16.3 Å². The number of thioether (sulfide) groups is 1. The zero-order valence-corrected chi connectivity index (χ0v) is 14.7. The lowest BCUT2D eigenvalue weighted by molar-refractivity contribution is -0.119. The van der Waals surface area contributed by atoms with Gasteiger partial charge in [-0.25, -0.2) is 8.42 Å². The maximum atomic E-state index is 11.9. The number of amidine groups is 1. The van der Waals surface area contributed by atoms with Crippen LogP contribution in [-0.2, 0) is 14.6 Å². The van der Waals surface area contributed by atoms with Crippen molar-refractivity contribution in [3.05, 3.63) is 29.3 Å². The first kappa shape index (κ1) is 16.6. The van der Waals surface area contributed by atoms with E-state index in [2.05, 4.69) is 4.99 Å². The van der Waals surface area contributed by atoms with Crippen molar-refractivity contribution in [2.24, 2.45) is 4.99 Å². The first-order chi connectivity index (χ1) is 10.8. The topological polar surface area (TPSA) is 76.0 Å². The van der Waals surface area contributed by atoms with Crippen LogP contribution in [0.15, 0.2) is 29.3 Å². The van der Waals surface area contributed by atoms with Gasteiger partial charge in [0, 0.05) is 17.3 Å². The van der Waals surface area contributed by atoms with Crippen molar-refractivity contribution >= 4 is 44.3 Å². The standard InChI is InChI=1S/C14H15ClN2O4S2/c1-17-11-7-23(19,20)8-12(11)22-14(17)16-13(18)6-21-10-4-2-9(15)3-5-10/h2-5,11-12H,6-8H2,1H3/t11-,12-/m0/s1. The number of ether oxygens (including phenoxy) is 1. The number of halogens is 1. The molecule has 0 radical (unpaired) electrons. The van der Waals surface area contributed by atoms with E-state index in [1.165, 1.54) is 11.8 Å². The van der Waals surface area contributed by atoms with Gasteiger partial charge in [-0.3, -0.25) is 4.79 Å². The predicted molar refractivity (Wildman–Crippen MR) is 91.0 cm³/mol. The third-order valence-corrected chi connectivity index (χ3v) is 7.28. The Labute approximate surface area is 143 Å². The molecule has 2 heterocycles. The minimum absolute atomic E-state index is 0.0475. The number of rotatable bonds is 3. The molecule has 2 saturated heterocycles. The van der Waals surface area contributed by atoms with E-state index in [1.54, 1.807) is 36.2 Å². The Balaban J connectivity index is 1.59. The summed E-state index contributed by atoms with van der Waals surface area (Å²) < 4.78 is 28.6. The summed E-state index contributed by atoms with van der Waals surface area (Å²) in [5, 5.41) is 1.10. The summed E-state index contributed by atoms with van der Waals surface area (Å²) in [5.41, 5.74) is 0. The number of carbonyl (C=O) groups excluding carboxylic acids is 1. The van der Waals surface area contributed by atoms with Gasteiger partial charge in [0.05, 0.1) is 17.5 Å². The molecule has 2 aliphatic heterocycles. The van der Waals surface area contributed by atoms with Crippen molar-refractivity contribution in [1.82, 2.24) is 4.90 Å². The lowest BCUT2D eigenvalue weighted by atomic mass is 10.2. The van der Waals surface area contributed by atoms with Crippen molar-refractivity contribution in [2.75, 3.05) is 25.2 Å². The average Bonchev–Trinajstić information content (AvgIpc) is 2.92. The van der Waals surface area contributed by atoms with Crippen LogP contribution in [0.25, 0.3) is 0 Å². The van der Waals surface area contributed by atoms with E-state index in [9.17, 15) is 13.2 Å². The fraction of sp³-hybridized carbons (Fsp3) is 0.429. The Kier molecular flexibility index (Phi) is 4.57. The van der Waals surface area contributed by atoms with E-state index < -0.39 is 15.7 Å². The van der Waals surface area contributed by atoms with Gasteiger partial charge in [0.1, 0.15) is 5.75 Å². The molecule has 0 saturated carbocycles. The van der Waals surface area contributed by atoms with Crippen LogP contribution in [-0.4, -0.2) is 60.8 Å². The Bertz CT molecular complexity index is 749. The Morgan fingerprint density at radius 3 is 2.74 bits per heavy atom. The Hall–Kier alpha value is -1.25. The number of benzene rings is 1. The first-order valence-electron chi connectivity index (χ1n) is 6.94. The van der Waals surface area contributed by atoms with Gasteiger partial charge in [0.15, 0.2) is 21.6 Å². The van der Waals surface area contributed by atoms with Gasteiger partial charge in [-0.2, -0.15) is 4.99 Å². The number of amides is 1. The predicted octanol–water partition coefficient (Wildman–Crippen LogP) is 1.45. The number of aliphatic imine (C=N–C) groups is 1. The van der Waals surface area contributed by atoms with Gasteiger partial charge in [0.2, 0.25) is 0 Å². The third kappa shape index (κ3) is 3.81. The highest BCUT2D eigenvalue weighted by atomic mass is 35.5. The molecule has 1 aromatic carbocycles. The zero-order chi connectivity index (χ0) is 16.6. The van der Waals surface area contributed by atoms with Gasteiger partial charge in [-0.1, -0.05) is 23.4 Å². The SMILES string of the molecule is CN1C(=NC(=O)COc2ccc(Cl)cc2)S[C@H]2CS(=O)(=O)C[C@@H]21. The molecule has 6 nitrogen and oxygen atoms in total. The van der Waals surface area contributed by atoms with Gasteiger partial charge in [-0.15, -0.1) is 0 Å². The Morgan fingerprint density at radius 2 is 2.09 bits per heavy atom. The number of hydrogen-bond donors (Lipinski definition) is 0. The van der Waals surface area contributed by atoms with Crippen molar-refractivity contribution < 1.29 is 17.9 Å². The van der Waals surface area contributed by atoms with Gasteiger partial charge in [0.25, 0.3) is 5.91 Å². The van der Waals surface area contributed by atoms with Crippen LogP contribution in [0.1, 0.15) is 0 Å². The number of fused-ring (bicyclic) bond motifs is 1. The fourth-order valence-electron chi connectivity index (χ4n) is 2.55. The normalized spacial score (nSPS) is 27.2. The molecule has 0 aliphatic carbocycles. The number of sulfone groups is 1. The van der Waals surface area contributed by atoms with Crippen LogP contribution in [0, 0.1) is 0 Å². The maximum Gasteiger partial charge on any atom is 0.285 e. The van der Waals surface area contributed by atoms with E-state index in [0.29, 0.717) is 15.9 Å². The molecular weight excluding hydrogens is 360 g/mol. The average molecular weight is 375 g/mol. The molecule has 0 aromatic heterocycles. The summed E-state index contributed by atoms with van der Waals surface area (Å²) in [6, 6.07) is 6.60. The summed E-state index contributed by atoms with van der Waals surface area (Å²) in [6.45, 7) is -0.173. The van der Waals surface area contributed by atoms with E-state index in [0.717, 1.165) is 0 Å². The summed E-state index contributed by atoms with van der Waals surface area (Å²) in [4.78, 5) is 17.8. The van der Waals surface area contributed by atoms with Crippen molar-refractivity contribution in [1.29, 1.82) is 0 Å². The third-order valence-electron chi connectivity index (χ3n) is 3.72. The van der Waals surface area contributed by atoms with Crippen LogP contribution < -0.4 is 4.74 Å². The molecule has 2 aliphatic rings. The molecule has 1 amide bonds. The second-order valence-electron chi connectivity index (χ2n) is 5.44. The minimum Gasteiger partial charge on any atom is -0.484 e. The summed E-state index contributed by atoms with van der Waals surface area (Å²) >= 11 is 7.12. The maximum absolute atomic E-state index is 11.9. The molecule has 0 unspecified atom stereocenters. The van der Waals surface area contributed by atoms with Crippen LogP contribution in [0.5, 0.6) is 5.75 Å². The van der Waals surface area contributed by atoms with E-state index in [1.807, 2.05) is 0 Å². The molecule has 2 fully saturated rings. The van der Waals surface area contributed by atoms with Gasteiger partial charge in [-0.05, 0) is 24.3 Å². The molecule has 23 heavy (non-hydrogen) atoms. The molecule has 0 spiro atoms. The van der Waals surface area contributed by atoms with Gasteiger partial charge >= 0.3 is 0 Å². The van der Waals surface area contributed by atoms with Crippen LogP contribution in [0.2, 0.25) is 5.02 Å². The zero-order valence-electron chi connectivity index (χ0n) is 12.3. The first-order valence-corrected chi connectivity index (χ1v) is 10.0. The highest BCUT2D eigenvalue weighted by Gasteiger charge is 2.47. The monoisotopic (exact) mass is 374 g/mol. The Morgan fingerprint density at radius 1 is 1.39 bits per heavy atom.